The standard InChI is InChI=1S/C70H68F6N12O4/c1-5-44-52(73)11-10-37-20-42(89)22-48(55(37)44)59-57(75)61-50(27-77-59)64(86-32-41-13-17-68(8-4,34-86)84-41)82-66(80-61)92-36-70-18-14-54(88(70)30-39(72)26-70)46-24-53(74)45(6-2)56-47(46)21-43(90)23-49(56)60-58(76)62-51(28-78-60)63(85-31-40-12-16-67(7-3,33-85)83-40)81-65(79-62)91-35-69-15-9-19-87(69)29-38(71)25-69/h1-2,10-11,20-24,27-28,38-41,54,83-84,89-90H,7-9,12-19,25-26,29-36H2,3-4H3/t38-,39-,40-,41?,54?,67?,68?,69+,70+/m1/s1. The van der Waals surface area contributed by atoms with E-state index < -0.39 is 52.7 Å². The zero-order valence-electron chi connectivity index (χ0n) is 51.0. The van der Waals surface area contributed by atoms with Crippen LogP contribution in [0.4, 0.5) is 38.0 Å². The Morgan fingerprint density at radius 2 is 1.20 bits per heavy atom. The molecule has 12 heterocycles. The van der Waals surface area contributed by atoms with Crippen molar-refractivity contribution in [3.05, 3.63) is 94.8 Å². The van der Waals surface area contributed by atoms with Crippen molar-refractivity contribution in [3.8, 4) is 70.7 Å². The number of benzene rings is 4. The molecular weight excluding hydrogens is 1190 g/mol. The van der Waals surface area contributed by atoms with Gasteiger partial charge < -0.3 is 40.1 Å². The van der Waals surface area contributed by atoms with E-state index in [1.54, 1.807) is 0 Å². The predicted molar refractivity (Wildman–Crippen MR) is 337 cm³/mol. The minimum absolute atomic E-state index is 0.00297. The molecule has 16 rings (SSSR count). The number of nitrogens with one attached hydrogen (secondary N) is 2. The number of nitrogens with zero attached hydrogens (tertiary/aromatic N) is 10. The number of piperazine rings is 2. The predicted octanol–water partition coefficient (Wildman–Crippen LogP) is 11.0. The molecule has 4 bridgehead atoms. The lowest BCUT2D eigenvalue weighted by atomic mass is 9.89. The van der Waals surface area contributed by atoms with Crippen molar-refractivity contribution in [2.45, 2.75) is 144 Å². The second-order valence-corrected chi connectivity index (χ2v) is 27.2. The number of aromatic hydroxyl groups is 2. The van der Waals surface area contributed by atoms with Gasteiger partial charge in [-0.05, 0) is 123 Å². The van der Waals surface area contributed by atoms with Gasteiger partial charge in [0.15, 0.2) is 11.6 Å². The smallest absolute Gasteiger partial charge is 0.319 e. The Kier molecular flexibility index (Phi) is 13.8. The molecule has 8 aliphatic heterocycles. The molecule has 0 spiro atoms. The van der Waals surface area contributed by atoms with Gasteiger partial charge in [0, 0.05) is 116 Å². The first kappa shape index (κ1) is 58.8. The van der Waals surface area contributed by atoms with E-state index >= 15 is 22.0 Å². The van der Waals surface area contributed by atoms with Gasteiger partial charge in [-0.1, -0.05) is 31.8 Å². The molecule has 0 aliphatic carbocycles. The summed E-state index contributed by atoms with van der Waals surface area (Å²) in [6.07, 6.45) is 20.7. The van der Waals surface area contributed by atoms with Crippen LogP contribution in [-0.2, 0) is 0 Å². The molecule has 92 heavy (non-hydrogen) atoms. The number of anilines is 2. The molecule has 8 fully saturated rings. The minimum Gasteiger partial charge on any atom is -0.508 e. The zero-order valence-corrected chi connectivity index (χ0v) is 51.0. The minimum atomic E-state index is -1.36. The highest BCUT2D eigenvalue weighted by Gasteiger charge is 2.55. The van der Waals surface area contributed by atoms with Gasteiger partial charge in [0.25, 0.3) is 0 Å². The van der Waals surface area contributed by atoms with E-state index in [1.165, 1.54) is 54.9 Å². The largest absolute Gasteiger partial charge is 0.508 e. The first-order valence-corrected chi connectivity index (χ1v) is 32.1. The molecule has 0 saturated carbocycles. The van der Waals surface area contributed by atoms with E-state index in [4.69, 9.17) is 47.2 Å². The molecule has 0 radical (unpaired) electrons. The SMILES string of the molecule is C#Cc1c(F)ccc2cc(O)cc(-c3ncc4c(N5CC6CCC(CC)(C5)N6)nc(OC[C@@]56CCC(c7cc(F)c(C#C)c8c(-c9ncc%10c(N%11C[C@H]%12CCC(CC)(C%11)N%12)nc(OC[C@@]%11%12CCCN%11C[C@H](F)C%12)nc%10c9F)cc(O)cc78)N5C[C@H](F)C6)nc4c3F)c12. The number of aromatic nitrogens is 6. The topological polar surface area (TPSA) is 173 Å². The molecule has 8 aliphatic rings. The highest BCUT2D eigenvalue weighted by Crippen LogP contribution is 2.53. The van der Waals surface area contributed by atoms with Gasteiger partial charge in [-0.2, -0.15) is 19.9 Å². The van der Waals surface area contributed by atoms with Crippen LogP contribution in [0.3, 0.4) is 0 Å². The first-order valence-electron chi connectivity index (χ1n) is 32.1. The fourth-order valence-corrected chi connectivity index (χ4v) is 17.6. The summed E-state index contributed by atoms with van der Waals surface area (Å²) in [4.78, 5) is 37.1. The van der Waals surface area contributed by atoms with E-state index in [9.17, 15) is 14.6 Å². The summed E-state index contributed by atoms with van der Waals surface area (Å²) in [5.41, 5.74) is -2.73. The Morgan fingerprint density at radius 3 is 1.80 bits per heavy atom. The lowest BCUT2D eigenvalue weighted by Crippen LogP contribution is -2.59. The number of halogens is 6. The number of rotatable bonds is 13. The lowest BCUT2D eigenvalue weighted by molar-refractivity contribution is 0.0848. The summed E-state index contributed by atoms with van der Waals surface area (Å²) in [5, 5.41) is 31.8. The fraction of sp³-hybridized carbons (Fsp3) is 0.457. The Hall–Kier alpha value is -8.28. The van der Waals surface area contributed by atoms with Crippen molar-refractivity contribution in [1.82, 2.24) is 50.3 Å². The summed E-state index contributed by atoms with van der Waals surface area (Å²) in [6.45, 7) is 7.42. The number of pyridine rings is 2. The maximum absolute atomic E-state index is 18.2. The number of phenols is 2. The number of phenolic OH excluding ortho intramolecular Hbond substituents is 2. The van der Waals surface area contributed by atoms with Crippen LogP contribution in [0, 0.1) is 48.0 Å². The van der Waals surface area contributed by atoms with Crippen molar-refractivity contribution in [2.24, 2.45) is 0 Å². The van der Waals surface area contributed by atoms with E-state index in [0.717, 1.165) is 57.9 Å². The molecule has 4 unspecified atom stereocenters. The third kappa shape index (κ3) is 9.27. The molecule has 4 aromatic heterocycles. The Labute approximate surface area is 527 Å². The summed E-state index contributed by atoms with van der Waals surface area (Å²) < 4.78 is 113. The van der Waals surface area contributed by atoms with Gasteiger partial charge >= 0.3 is 12.0 Å². The van der Waals surface area contributed by atoms with Gasteiger partial charge in [0.1, 0.15) is 82.7 Å². The van der Waals surface area contributed by atoms with Crippen molar-refractivity contribution >= 4 is 55.0 Å². The third-order valence-corrected chi connectivity index (χ3v) is 22.1. The monoisotopic (exact) mass is 1250 g/mol. The molecule has 4 aromatic carbocycles. The van der Waals surface area contributed by atoms with E-state index in [1.807, 2.05) is 4.90 Å². The maximum Gasteiger partial charge on any atom is 0.319 e. The average molecular weight is 1260 g/mol. The van der Waals surface area contributed by atoms with Crippen molar-refractivity contribution in [3.63, 3.8) is 0 Å². The summed E-state index contributed by atoms with van der Waals surface area (Å²) in [7, 11) is 0. The summed E-state index contributed by atoms with van der Waals surface area (Å²) in [6, 6.07) is 8.69. The fourth-order valence-electron chi connectivity index (χ4n) is 17.6. The van der Waals surface area contributed by atoms with Gasteiger partial charge in [-0.15, -0.1) is 12.8 Å². The number of fused-ring (bicyclic) bond motifs is 10. The van der Waals surface area contributed by atoms with Crippen LogP contribution in [0.2, 0.25) is 0 Å². The van der Waals surface area contributed by atoms with Crippen LogP contribution < -0.4 is 29.9 Å². The molecule has 8 saturated heterocycles. The molecule has 9 atom stereocenters. The first-order chi connectivity index (χ1) is 44.4. The average Bonchev–Trinajstić information content (AvgIpc) is 1.10. The molecule has 16 nitrogen and oxygen atoms in total. The summed E-state index contributed by atoms with van der Waals surface area (Å²) in [5.74, 6) is 1.89. The Bertz CT molecular complexity index is 4510. The van der Waals surface area contributed by atoms with Crippen molar-refractivity contribution < 1.29 is 46.0 Å². The number of ether oxygens (including phenoxy) is 2. The maximum atomic E-state index is 18.2. The molecule has 474 valence electrons. The lowest BCUT2D eigenvalue weighted by Gasteiger charge is -2.42. The molecule has 0 amide bonds. The normalized spacial score (nSPS) is 28.4. The Morgan fingerprint density at radius 1 is 0.630 bits per heavy atom. The number of hydrogen-bond donors (Lipinski definition) is 4. The second-order valence-electron chi connectivity index (χ2n) is 27.2. The quantitative estimate of drug-likeness (QED) is 0.0634. The van der Waals surface area contributed by atoms with Crippen LogP contribution in [-0.4, -0.2) is 156 Å². The van der Waals surface area contributed by atoms with Crippen molar-refractivity contribution in [2.75, 3.05) is 68.8 Å². The highest BCUT2D eigenvalue weighted by molar-refractivity contribution is 6.05. The number of terminal acetylenes is 2. The molecule has 4 N–H and O–H groups in total. The van der Waals surface area contributed by atoms with Crippen LogP contribution in [0.25, 0.3) is 65.9 Å². The Balaban J connectivity index is 0.772. The van der Waals surface area contributed by atoms with E-state index in [2.05, 4.69) is 56.0 Å². The van der Waals surface area contributed by atoms with Gasteiger partial charge in [0.05, 0.1) is 33.0 Å². The summed E-state index contributed by atoms with van der Waals surface area (Å²) >= 11 is 0. The van der Waals surface area contributed by atoms with Crippen LogP contribution in [0.15, 0.2) is 54.9 Å². The van der Waals surface area contributed by atoms with Crippen LogP contribution >= 0.6 is 0 Å². The van der Waals surface area contributed by atoms with Gasteiger partial charge in [-0.25, -0.2) is 26.3 Å². The van der Waals surface area contributed by atoms with Gasteiger partial charge in [-0.3, -0.25) is 19.8 Å². The highest BCUT2D eigenvalue weighted by atomic mass is 19.2. The zero-order chi connectivity index (χ0) is 63.3. The number of alkyl halides is 2. The van der Waals surface area contributed by atoms with Crippen LogP contribution in [0.5, 0.6) is 23.5 Å². The number of hydrogen-bond acceptors (Lipinski definition) is 16. The van der Waals surface area contributed by atoms with Crippen molar-refractivity contribution in [1.29, 1.82) is 0 Å². The van der Waals surface area contributed by atoms with E-state index in [-0.39, 0.29) is 134 Å². The van der Waals surface area contributed by atoms with Crippen LogP contribution in [0.1, 0.15) is 114 Å². The molecular formula is C70H68F6N12O4. The van der Waals surface area contributed by atoms with E-state index in [0.29, 0.717) is 85.3 Å². The molecule has 22 heteroatoms. The third-order valence-electron chi connectivity index (χ3n) is 22.1. The second kappa shape index (κ2) is 21.7. The van der Waals surface area contributed by atoms with Gasteiger partial charge in [0.2, 0.25) is 0 Å². The molecule has 8 aromatic rings.